The molecule has 1 heterocycles. The lowest BCUT2D eigenvalue weighted by Gasteiger charge is -2.35. The Bertz CT molecular complexity index is 288. The summed E-state index contributed by atoms with van der Waals surface area (Å²) in [5.41, 5.74) is 1.47. The molecule has 2 rings (SSSR count). The van der Waals surface area contributed by atoms with Gasteiger partial charge in [-0.1, -0.05) is 26.8 Å². The SMILES string of the molecule is CC.CCc1ccc(C2(O)CCC2)nc1. The molecule has 1 aliphatic carbocycles. The van der Waals surface area contributed by atoms with Crippen molar-refractivity contribution in [3.63, 3.8) is 0 Å². The van der Waals surface area contributed by atoms with Gasteiger partial charge in [0.05, 0.1) is 5.69 Å². The normalized spacial score (nSPS) is 17.3. The minimum atomic E-state index is -0.605. The summed E-state index contributed by atoms with van der Waals surface area (Å²) in [6.07, 6.45) is 5.72. The first kappa shape index (κ1) is 12.2. The highest BCUT2D eigenvalue weighted by Gasteiger charge is 2.37. The van der Waals surface area contributed by atoms with Gasteiger partial charge in [-0.15, -0.1) is 0 Å². The van der Waals surface area contributed by atoms with E-state index < -0.39 is 5.60 Å². The molecule has 0 aromatic carbocycles. The maximum Gasteiger partial charge on any atom is 0.106 e. The average molecular weight is 207 g/mol. The molecule has 84 valence electrons. The molecule has 0 radical (unpaired) electrons. The van der Waals surface area contributed by atoms with Crippen LogP contribution in [0.3, 0.4) is 0 Å². The number of pyridine rings is 1. The average Bonchev–Trinajstić information content (AvgIpc) is 2.29. The van der Waals surface area contributed by atoms with Gasteiger partial charge in [0, 0.05) is 6.20 Å². The summed E-state index contributed by atoms with van der Waals surface area (Å²) in [4.78, 5) is 4.29. The first-order valence-electron chi connectivity index (χ1n) is 5.92. The molecule has 0 unspecified atom stereocenters. The molecule has 1 saturated carbocycles. The molecule has 0 amide bonds. The third kappa shape index (κ3) is 2.57. The van der Waals surface area contributed by atoms with Crippen molar-refractivity contribution in [1.29, 1.82) is 0 Å². The number of rotatable bonds is 2. The van der Waals surface area contributed by atoms with Crippen LogP contribution in [0.4, 0.5) is 0 Å². The number of aryl methyl sites for hydroxylation is 1. The zero-order valence-corrected chi connectivity index (χ0v) is 9.95. The van der Waals surface area contributed by atoms with Crippen LogP contribution in [-0.4, -0.2) is 10.1 Å². The van der Waals surface area contributed by atoms with Crippen molar-refractivity contribution in [1.82, 2.24) is 4.98 Å². The quantitative estimate of drug-likeness (QED) is 0.808. The van der Waals surface area contributed by atoms with Crippen LogP contribution < -0.4 is 0 Å². The number of nitrogens with zero attached hydrogens (tertiary/aromatic N) is 1. The van der Waals surface area contributed by atoms with Gasteiger partial charge in [-0.3, -0.25) is 4.98 Å². The van der Waals surface area contributed by atoms with Crippen LogP contribution in [0.25, 0.3) is 0 Å². The maximum absolute atomic E-state index is 9.98. The minimum absolute atomic E-state index is 0.605. The summed E-state index contributed by atoms with van der Waals surface area (Å²) >= 11 is 0. The van der Waals surface area contributed by atoms with Crippen molar-refractivity contribution in [3.8, 4) is 0 Å². The third-order valence-corrected chi connectivity index (χ3v) is 2.89. The molecular formula is C13H21NO. The van der Waals surface area contributed by atoms with Crippen molar-refractivity contribution in [2.75, 3.05) is 0 Å². The van der Waals surface area contributed by atoms with E-state index in [1.807, 2.05) is 26.1 Å². The fourth-order valence-electron chi connectivity index (χ4n) is 1.68. The van der Waals surface area contributed by atoms with Crippen LogP contribution in [0.2, 0.25) is 0 Å². The largest absolute Gasteiger partial charge is 0.384 e. The number of aliphatic hydroxyl groups is 1. The first-order valence-corrected chi connectivity index (χ1v) is 5.92. The van der Waals surface area contributed by atoms with Gasteiger partial charge in [0.25, 0.3) is 0 Å². The van der Waals surface area contributed by atoms with Gasteiger partial charge < -0.3 is 5.11 Å². The molecule has 2 heteroatoms. The highest BCUT2D eigenvalue weighted by Crippen LogP contribution is 2.39. The van der Waals surface area contributed by atoms with Crippen molar-refractivity contribution < 1.29 is 5.11 Å². The third-order valence-electron chi connectivity index (χ3n) is 2.89. The molecule has 1 aliphatic rings. The summed E-state index contributed by atoms with van der Waals surface area (Å²) in [5, 5.41) is 9.98. The lowest BCUT2D eigenvalue weighted by Crippen LogP contribution is -2.34. The Hall–Kier alpha value is -0.890. The highest BCUT2D eigenvalue weighted by molar-refractivity contribution is 5.20. The van der Waals surface area contributed by atoms with E-state index >= 15 is 0 Å². The summed E-state index contributed by atoms with van der Waals surface area (Å²) in [6, 6.07) is 4.01. The molecule has 0 spiro atoms. The van der Waals surface area contributed by atoms with Crippen LogP contribution in [0, 0.1) is 0 Å². The standard InChI is InChI=1S/C11H15NO.C2H6/c1-2-9-4-5-10(12-8-9)11(13)6-3-7-11;1-2/h4-5,8,13H,2-3,6-7H2,1H3;1-2H3. The Morgan fingerprint density at radius 2 is 2.00 bits per heavy atom. The molecule has 1 aromatic heterocycles. The second-order valence-electron chi connectivity index (χ2n) is 3.79. The van der Waals surface area contributed by atoms with E-state index in [1.165, 1.54) is 5.56 Å². The first-order chi connectivity index (χ1) is 7.24. The van der Waals surface area contributed by atoms with Gasteiger partial charge in [0.2, 0.25) is 0 Å². The van der Waals surface area contributed by atoms with Crippen molar-refractivity contribution in [2.45, 2.75) is 52.1 Å². The van der Waals surface area contributed by atoms with Crippen LogP contribution in [0.5, 0.6) is 0 Å². The lowest BCUT2D eigenvalue weighted by atomic mass is 9.77. The topological polar surface area (TPSA) is 33.1 Å². The molecule has 0 saturated heterocycles. The van der Waals surface area contributed by atoms with E-state index in [0.29, 0.717) is 0 Å². The van der Waals surface area contributed by atoms with Crippen molar-refractivity contribution >= 4 is 0 Å². The molecule has 1 aromatic rings. The molecule has 0 atom stereocenters. The fraction of sp³-hybridized carbons (Fsp3) is 0.615. The minimum Gasteiger partial charge on any atom is -0.384 e. The van der Waals surface area contributed by atoms with Gasteiger partial charge in [0.1, 0.15) is 5.60 Å². The van der Waals surface area contributed by atoms with Crippen molar-refractivity contribution in [2.24, 2.45) is 0 Å². The zero-order valence-electron chi connectivity index (χ0n) is 9.95. The summed E-state index contributed by atoms with van der Waals surface area (Å²) < 4.78 is 0. The van der Waals surface area contributed by atoms with Crippen molar-refractivity contribution in [3.05, 3.63) is 29.6 Å². The Balaban J connectivity index is 0.000000531. The zero-order chi connectivity index (χ0) is 11.3. The van der Waals surface area contributed by atoms with E-state index in [9.17, 15) is 5.11 Å². The van der Waals surface area contributed by atoms with Crippen LogP contribution in [-0.2, 0) is 12.0 Å². The smallest absolute Gasteiger partial charge is 0.106 e. The van der Waals surface area contributed by atoms with Gasteiger partial charge in [0.15, 0.2) is 0 Å². The molecule has 1 fully saturated rings. The Labute approximate surface area is 92.4 Å². The second kappa shape index (κ2) is 5.26. The fourth-order valence-corrected chi connectivity index (χ4v) is 1.68. The molecule has 0 aliphatic heterocycles. The number of aromatic nitrogens is 1. The van der Waals surface area contributed by atoms with Gasteiger partial charge in [-0.05, 0) is 37.3 Å². The summed E-state index contributed by atoms with van der Waals surface area (Å²) in [6.45, 7) is 6.11. The maximum atomic E-state index is 9.98. The molecule has 1 N–H and O–H groups in total. The lowest BCUT2D eigenvalue weighted by molar-refractivity contribution is -0.0426. The van der Waals surface area contributed by atoms with E-state index in [4.69, 9.17) is 0 Å². The molecular weight excluding hydrogens is 186 g/mol. The van der Waals surface area contributed by atoms with Gasteiger partial charge in [-0.25, -0.2) is 0 Å². The summed E-state index contributed by atoms with van der Waals surface area (Å²) in [5.74, 6) is 0. The number of hydrogen-bond donors (Lipinski definition) is 1. The van der Waals surface area contributed by atoms with E-state index in [2.05, 4.69) is 18.0 Å². The monoisotopic (exact) mass is 207 g/mol. The molecule has 15 heavy (non-hydrogen) atoms. The Morgan fingerprint density at radius 1 is 1.33 bits per heavy atom. The van der Waals surface area contributed by atoms with E-state index in [0.717, 1.165) is 31.4 Å². The Kier molecular flexibility index (Phi) is 4.28. The van der Waals surface area contributed by atoms with Crippen LogP contribution >= 0.6 is 0 Å². The predicted molar refractivity (Wildman–Crippen MR) is 62.7 cm³/mol. The van der Waals surface area contributed by atoms with Gasteiger partial charge >= 0.3 is 0 Å². The summed E-state index contributed by atoms with van der Waals surface area (Å²) in [7, 11) is 0. The Morgan fingerprint density at radius 3 is 2.33 bits per heavy atom. The number of hydrogen-bond acceptors (Lipinski definition) is 2. The van der Waals surface area contributed by atoms with Crippen LogP contribution in [0.1, 0.15) is 51.3 Å². The van der Waals surface area contributed by atoms with E-state index in [1.54, 1.807) is 0 Å². The predicted octanol–water partition coefficient (Wildman–Crippen LogP) is 3.04. The second-order valence-corrected chi connectivity index (χ2v) is 3.79. The molecule has 2 nitrogen and oxygen atoms in total. The van der Waals surface area contributed by atoms with E-state index in [-0.39, 0.29) is 0 Å². The van der Waals surface area contributed by atoms with Crippen LogP contribution in [0.15, 0.2) is 18.3 Å². The molecule has 0 bridgehead atoms. The van der Waals surface area contributed by atoms with Gasteiger partial charge in [-0.2, -0.15) is 0 Å². The highest BCUT2D eigenvalue weighted by atomic mass is 16.3.